The summed E-state index contributed by atoms with van der Waals surface area (Å²) in [6, 6.07) is 121. The molecule has 0 amide bonds. The van der Waals surface area contributed by atoms with E-state index in [1.54, 1.807) is 0 Å². The van der Waals surface area contributed by atoms with Crippen LogP contribution in [0.1, 0.15) is 26.3 Å². The van der Waals surface area contributed by atoms with Crippen LogP contribution < -0.4 is 9.30 Å². The first-order valence-corrected chi connectivity index (χ1v) is 34.6. The van der Waals surface area contributed by atoms with Crippen molar-refractivity contribution >= 4 is 60.3 Å². The molecule has 0 saturated carbocycles. The molecule has 0 bridgehead atoms. The van der Waals surface area contributed by atoms with Gasteiger partial charge in [0.25, 0.3) is 6.33 Å². The Morgan fingerprint density at radius 1 is 0.363 bits per heavy atom. The van der Waals surface area contributed by atoms with Crippen LogP contribution in [-0.2, 0) is 5.41 Å². The van der Waals surface area contributed by atoms with Crippen molar-refractivity contribution in [2.75, 3.05) is 0 Å². The van der Waals surface area contributed by atoms with Crippen molar-refractivity contribution in [2.45, 2.75) is 26.2 Å². The largest absolute Gasteiger partial charge is 0.459 e. The average Bonchev–Trinajstić information content (AvgIpc) is 1.55. The molecule has 4 aromatic heterocycles. The number of aromatic nitrogens is 5. The lowest BCUT2D eigenvalue weighted by Gasteiger charge is -2.20. The molecule has 0 aliphatic rings. The molecule has 14 aromatic carbocycles. The molecule has 7 heteroatoms. The molecule has 18 rings (SSSR count). The van der Waals surface area contributed by atoms with Gasteiger partial charge in [0.05, 0.1) is 51.0 Å². The van der Waals surface area contributed by atoms with Gasteiger partial charge in [-0.3, -0.25) is 13.7 Å². The quantitative estimate of drug-likeness (QED) is 0.0853. The Hall–Kier alpha value is -13.4. The molecule has 0 aliphatic carbocycles. The van der Waals surface area contributed by atoms with E-state index in [9.17, 15) is 0 Å². The third-order valence-electron chi connectivity index (χ3n) is 19.8. The van der Waals surface area contributed by atoms with Gasteiger partial charge in [0, 0.05) is 45.1 Å². The smallest absolute Gasteiger partial charge is 0.269 e. The second kappa shape index (κ2) is 25.2. The number of para-hydroxylation sites is 6. The molecule has 0 aliphatic heterocycles. The van der Waals surface area contributed by atoms with E-state index in [4.69, 9.17) is 16.3 Å². The summed E-state index contributed by atoms with van der Waals surface area (Å²) < 4.78 is 16.1. The highest BCUT2D eigenvalue weighted by molar-refractivity contribution is 6.16. The van der Waals surface area contributed by atoms with Crippen LogP contribution in [-0.4, -0.2) is 18.7 Å². The van der Waals surface area contributed by atoms with Crippen LogP contribution in [0.5, 0.6) is 11.5 Å². The van der Waals surface area contributed by atoms with Crippen LogP contribution in [0.2, 0.25) is 0 Å². The number of hydrogen-bond donors (Lipinski definition) is 0. The summed E-state index contributed by atoms with van der Waals surface area (Å²) in [5.41, 5.74) is 25.6. The molecule has 0 unspecified atom stereocenters. The third kappa shape index (κ3) is 11.0. The van der Waals surface area contributed by atoms with Crippen molar-refractivity contribution in [2.24, 2.45) is 0 Å². The van der Waals surface area contributed by atoms with Crippen molar-refractivity contribution in [3.05, 3.63) is 369 Å². The lowest BCUT2D eigenvalue weighted by molar-refractivity contribution is -0.571. The van der Waals surface area contributed by atoms with Crippen LogP contribution in [0, 0.1) is 12.9 Å². The van der Waals surface area contributed by atoms with Gasteiger partial charge < -0.3 is 9.30 Å². The van der Waals surface area contributed by atoms with E-state index in [-0.39, 0.29) is 5.41 Å². The summed E-state index contributed by atoms with van der Waals surface area (Å²) >= 11 is 0. The highest BCUT2D eigenvalue weighted by Gasteiger charge is 2.25. The van der Waals surface area contributed by atoms with Gasteiger partial charge >= 0.3 is 0 Å². The van der Waals surface area contributed by atoms with E-state index in [0.29, 0.717) is 17.2 Å². The van der Waals surface area contributed by atoms with Crippen LogP contribution in [0.4, 0.5) is 5.69 Å². The molecule has 482 valence electrons. The first-order valence-electron chi connectivity index (χ1n) is 34.6. The number of pyridine rings is 1. The minimum absolute atomic E-state index is 0.130. The van der Waals surface area contributed by atoms with E-state index in [1.807, 2.05) is 30.5 Å². The molecule has 0 N–H and O–H groups in total. The molecule has 7 nitrogen and oxygen atoms in total. The van der Waals surface area contributed by atoms with E-state index >= 15 is 0 Å². The van der Waals surface area contributed by atoms with Crippen LogP contribution in [0.15, 0.2) is 346 Å². The van der Waals surface area contributed by atoms with Gasteiger partial charge in [-0.1, -0.05) is 245 Å². The minimum atomic E-state index is -0.130. The summed E-state index contributed by atoms with van der Waals surface area (Å²) in [4.78, 5) is 9.22. The van der Waals surface area contributed by atoms with Crippen LogP contribution in [0.3, 0.4) is 0 Å². The van der Waals surface area contributed by atoms with E-state index in [1.165, 1.54) is 16.3 Å². The van der Waals surface area contributed by atoms with Gasteiger partial charge in [-0.25, -0.2) is 9.83 Å². The second-order valence-electron chi connectivity index (χ2n) is 27.2. The van der Waals surface area contributed by atoms with Crippen molar-refractivity contribution in [3.8, 4) is 112 Å². The number of fused-ring (bicyclic) bond motifs is 7. The van der Waals surface area contributed by atoms with Gasteiger partial charge in [0.15, 0.2) is 5.69 Å². The van der Waals surface area contributed by atoms with Crippen LogP contribution >= 0.6 is 0 Å². The van der Waals surface area contributed by atoms with E-state index in [0.717, 1.165) is 145 Å². The molecule has 18 aromatic rings. The molecule has 0 radical (unpaired) electrons. The van der Waals surface area contributed by atoms with Gasteiger partial charge in [-0.05, 0) is 192 Å². The van der Waals surface area contributed by atoms with Crippen molar-refractivity contribution in [1.82, 2.24) is 18.7 Å². The monoisotopic (exact) mass is 1310 g/mol. The zero-order chi connectivity index (χ0) is 68.4. The maximum atomic E-state index is 8.64. The highest BCUT2D eigenvalue weighted by Crippen LogP contribution is 2.45. The van der Waals surface area contributed by atoms with Crippen molar-refractivity contribution in [3.63, 3.8) is 0 Å². The maximum Gasteiger partial charge on any atom is 0.269 e. The lowest BCUT2D eigenvalue weighted by Crippen LogP contribution is -2.31. The Morgan fingerprint density at radius 2 is 0.882 bits per heavy atom. The Kier molecular flexibility index (Phi) is 15.0. The number of rotatable bonds is 13. The summed E-state index contributed by atoms with van der Waals surface area (Å²) in [7, 11) is 0. The molecular weight excluding hydrogens is 1240 g/mol. The average molecular weight is 1310 g/mol. The zero-order valence-electron chi connectivity index (χ0n) is 56.5. The summed E-state index contributed by atoms with van der Waals surface area (Å²) in [6.07, 6.45) is 5.88. The van der Waals surface area contributed by atoms with E-state index < -0.39 is 0 Å². The number of hydrogen-bond acceptors (Lipinski definition) is 2. The standard InChI is InChI=1S/C95H66N6O/c1-95(2,3)74-48-49-97-92(57-74)101-88-47-44-67(80-37-25-40-85-83-36-20-21-41-87(83)100(94(80)85)76-34-18-9-19-35-76)56-86(88)84-46-45-78(61-91(84)101)102-79-59-75(96-4)58-77(60-79)98-62-99(90-43-23-22-42-89(90)98)93-81(72-52-68(63-26-10-5-11-27-63)50-69(53-72)64-28-12-6-13-29-64)38-24-39-82(93)73-54-70(65-30-14-7-15-31-65)51-71(55-73)66-32-16-8-17-33-66/h5-61H,1-3H3. The fourth-order valence-corrected chi connectivity index (χ4v) is 15.0. The zero-order valence-corrected chi connectivity index (χ0v) is 56.5. The number of imidazole rings is 1. The topological polar surface area (TPSA) is 45.2 Å². The van der Waals surface area contributed by atoms with Crippen molar-refractivity contribution in [1.29, 1.82) is 0 Å². The molecule has 0 spiro atoms. The highest BCUT2D eigenvalue weighted by atomic mass is 16.5. The first kappa shape index (κ1) is 61.0. The lowest BCUT2D eigenvalue weighted by atomic mass is 9.88. The Morgan fingerprint density at radius 3 is 1.49 bits per heavy atom. The SMILES string of the molecule is [C-]#[N+]c1cc(Oc2ccc3c4cc(-c5cccc6c7ccccc7n(-c7ccccc7)c56)ccc4n(-c4cc(C(C)(C)C)ccn4)c3c2)cc(-n2[c-][n+](-c3c(-c4cc(-c5ccccc5)cc(-c5ccccc5)c4)cccc3-c3cc(-c4ccccc4)cc(-c4ccccc4)c3)c3ccccc32)c1. The number of ether oxygens (including phenoxy) is 1. The fraction of sp³-hybridized carbons (Fsp3) is 0.0421. The third-order valence-corrected chi connectivity index (χ3v) is 19.8. The van der Waals surface area contributed by atoms with Gasteiger partial charge in [0.2, 0.25) is 0 Å². The molecule has 0 saturated heterocycles. The predicted molar refractivity (Wildman–Crippen MR) is 420 cm³/mol. The Bertz CT molecular complexity index is 6050. The normalized spacial score (nSPS) is 11.7. The fourth-order valence-electron chi connectivity index (χ4n) is 15.0. The van der Waals surface area contributed by atoms with Gasteiger partial charge in [-0.15, -0.1) is 0 Å². The van der Waals surface area contributed by atoms with Gasteiger partial charge in [0.1, 0.15) is 17.3 Å². The molecular formula is C95H66N6O. The minimum Gasteiger partial charge on any atom is -0.459 e. The summed E-state index contributed by atoms with van der Waals surface area (Å²) in [6.45, 7) is 15.4. The van der Waals surface area contributed by atoms with Crippen LogP contribution in [0.25, 0.3) is 160 Å². The van der Waals surface area contributed by atoms with E-state index in [2.05, 4.69) is 366 Å². The number of nitrogens with zero attached hydrogens (tertiary/aromatic N) is 6. The predicted octanol–water partition coefficient (Wildman–Crippen LogP) is 24.6. The first-order chi connectivity index (χ1) is 50.1. The summed E-state index contributed by atoms with van der Waals surface area (Å²) in [5, 5.41) is 4.54. The Balaban J connectivity index is 0.807. The molecule has 102 heavy (non-hydrogen) atoms. The van der Waals surface area contributed by atoms with Gasteiger partial charge in [-0.2, -0.15) is 0 Å². The Labute approximate surface area is 592 Å². The maximum absolute atomic E-state index is 8.64. The number of benzene rings is 14. The molecule has 0 atom stereocenters. The van der Waals surface area contributed by atoms with Crippen molar-refractivity contribution < 1.29 is 9.30 Å². The second-order valence-corrected chi connectivity index (χ2v) is 27.2. The molecule has 4 heterocycles. The molecule has 0 fully saturated rings. The summed E-state index contributed by atoms with van der Waals surface area (Å²) in [5.74, 6) is 1.93.